The number of hydrogen-bond donors (Lipinski definition) is 1. The van der Waals surface area contributed by atoms with Gasteiger partial charge in [0, 0.05) is 34.8 Å². The van der Waals surface area contributed by atoms with Gasteiger partial charge in [-0.1, -0.05) is 11.6 Å². The number of halogens is 2. The number of rotatable bonds is 5. The summed E-state index contributed by atoms with van der Waals surface area (Å²) < 4.78 is 21.5. The number of aryl methyl sites for hydroxylation is 1. The summed E-state index contributed by atoms with van der Waals surface area (Å²) in [6.07, 6.45) is 0.850. The molecule has 2 aliphatic rings. The Bertz CT molecular complexity index is 1230. The van der Waals surface area contributed by atoms with Gasteiger partial charge in [-0.2, -0.15) is 0 Å². The maximum atomic E-state index is 14.5. The van der Waals surface area contributed by atoms with Crippen molar-refractivity contribution in [3.8, 4) is 17.0 Å². The van der Waals surface area contributed by atoms with Crippen molar-refractivity contribution in [3.63, 3.8) is 0 Å². The van der Waals surface area contributed by atoms with E-state index in [9.17, 15) is 14.0 Å². The van der Waals surface area contributed by atoms with Crippen LogP contribution < -0.4 is 10.1 Å². The largest absolute Gasteiger partial charge is 0.486 e. The van der Waals surface area contributed by atoms with E-state index in [-0.39, 0.29) is 37.7 Å². The lowest BCUT2D eigenvalue weighted by atomic mass is 10.0. The van der Waals surface area contributed by atoms with Crippen molar-refractivity contribution < 1.29 is 18.7 Å². The highest BCUT2D eigenvalue weighted by molar-refractivity contribution is 7.19. The van der Waals surface area contributed by atoms with E-state index < -0.39 is 12.3 Å². The first kappa shape index (κ1) is 22.2. The summed E-state index contributed by atoms with van der Waals surface area (Å²) in [5.41, 5.74) is 2.79. The standard InChI is InChI=1S/C23H22ClFN4O3S/c1-12-6-13(24)7-15(22(12)32-18-4-5-26-9-16(18)25)21-23-17(27-11-28-21)8-14(33-23)10-29-19(30)2-3-20(29)31/h6-8,11,16,18,26H,2-5,9-10H2,1H3/t16-,18-/m1/s1. The third-order valence-electron chi connectivity index (χ3n) is 5.94. The number of benzene rings is 1. The first-order valence-electron chi connectivity index (χ1n) is 10.8. The molecule has 3 aromatic rings. The van der Waals surface area contributed by atoms with Crippen LogP contribution in [0.5, 0.6) is 5.75 Å². The van der Waals surface area contributed by atoms with Crippen LogP contribution in [-0.2, 0) is 16.1 Å². The molecular weight excluding hydrogens is 467 g/mol. The van der Waals surface area contributed by atoms with Gasteiger partial charge in [-0.3, -0.25) is 14.5 Å². The van der Waals surface area contributed by atoms with Gasteiger partial charge in [-0.15, -0.1) is 11.3 Å². The fraction of sp³-hybridized carbons (Fsp3) is 0.391. The summed E-state index contributed by atoms with van der Waals surface area (Å²) in [7, 11) is 0. The van der Waals surface area contributed by atoms with E-state index in [1.54, 1.807) is 12.1 Å². The summed E-state index contributed by atoms with van der Waals surface area (Å²) >= 11 is 7.81. The molecule has 10 heteroatoms. The zero-order valence-electron chi connectivity index (χ0n) is 17.9. The molecule has 4 heterocycles. The molecule has 172 valence electrons. The average molecular weight is 489 g/mol. The topological polar surface area (TPSA) is 84.4 Å². The highest BCUT2D eigenvalue weighted by Crippen LogP contribution is 2.41. The monoisotopic (exact) mass is 488 g/mol. The minimum Gasteiger partial charge on any atom is -0.486 e. The molecule has 0 aliphatic carbocycles. The van der Waals surface area contributed by atoms with Crippen LogP contribution in [0.25, 0.3) is 21.5 Å². The second-order valence-corrected chi connectivity index (χ2v) is 9.86. The number of nitrogens with zero attached hydrogens (tertiary/aromatic N) is 3. The predicted octanol–water partition coefficient (Wildman–Crippen LogP) is 4.05. The Morgan fingerprint density at radius 2 is 2.03 bits per heavy atom. The fourth-order valence-electron chi connectivity index (χ4n) is 4.27. The molecule has 5 rings (SSSR count). The van der Waals surface area contributed by atoms with Crippen LogP contribution in [0.4, 0.5) is 4.39 Å². The molecule has 0 saturated carbocycles. The van der Waals surface area contributed by atoms with E-state index in [0.29, 0.717) is 40.5 Å². The minimum atomic E-state index is -1.11. The van der Waals surface area contributed by atoms with Crippen molar-refractivity contribution in [2.75, 3.05) is 13.1 Å². The molecule has 0 spiro atoms. The second-order valence-electron chi connectivity index (χ2n) is 8.29. The Balaban J connectivity index is 1.55. The van der Waals surface area contributed by atoms with Gasteiger partial charge >= 0.3 is 0 Å². The van der Waals surface area contributed by atoms with Crippen LogP contribution >= 0.6 is 22.9 Å². The highest BCUT2D eigenvalue weighted by Gasteiger charge is 2.30. The first-order valence-corrected chi connectivity index (χ1v) is 12.0. The summed E-state index contributed by atoms with van der Waals surface area (Å²) in [5, 5.41) is 3.56. The Hall–Kier alpha value is -2.62. The van der Waals surface area contributed by atoms with Crippen LogP contribution in [-0.4, -0.2) is 52.0 Å². The van der Waals surface area contributed by atoms with Crippen molar-refractivity contribution in [3.05, 3.63) is 40.0 Å². The molecule has 2 saturated heterocycles. The number of thiophene rings is 1. The molecule has 1 aromatic carbocycles. The number of carbonyl (C=O) groups is 2. The Morgan fingerprint density at radius 1 is 1.24 bits per heavy atom. The van der Waals surface area contributed by atoms with Crippen LogP contribution in [0.15, 0.2) is 24.5 Å². The van der Waals surface area contributed by atoms with E-state index in [0.717, 1.165) is 15.1 Å². The number of likely N-dealkylation sites (tertiary alicyclic amines) is 1. The van der Waals surface area contributed by atoms with E-state index in [1.165, 1.54) is 22.6 Å². The van der Waals surface area contributed by atoms with E-state index in [2.05, 4.69) is 15.3 Å². The van der Waals surface area contributed by atoms with Gasteiger partial charge in [-0.25, -0.2) is 14.4 Å². The maximum absolute atomic E-state index is 14.5. The lowest BCUT2D eigenvalue weighted by molar-refractivity contribution is -0.138. The number of alkyl halides is 1. The number of aromatic nitrogens is 2. The summed E-state index contributed by atoms with van der Waals surface area (Å²) in [4.78, 5) is 35.1. The molecule has 7 nitrogen and oxygen atoms in total. The number of amides is 2. The van der Waals surface area contributed by atoms with Crippen molar-refractivity contribution in [1.82, 2.24) is 20.2 Å². The van der Waals surface area contributed by atoms with Gasteiger partial charge in [0.2, 0.25) is 11.8 Å². The zero-order valence-corrected chi connectivity index (χ0v) is 19.5. The van der Waals surface area contributed by atoms with Crippen molar-refractivity contribution in [2.24, 2.45) is 0 Å². The number of imide groups is 1. The van der Waals surface area contributed by atoms with Gasteiger partial charge in [0.1, 0.15) is 24.4 Å². The Morgan fingerprint density at radius 3 is 2.79 bits per heavy atom. The van der Waals surface area contributed by atoms with Crippen LogP contribution in [0.3, 0.4) is 0 Å². The Kier molecular flexibility index (Phi) is 6.03. The SMILES string of the molecule is Cc1cc(Cl)cc(-c2ncnc3cc(CN4C(=O)CCC4=O)sc23)c1O[C@@H]1CCNC[C@H]1F. The molecular formula is C23H22ClFN4O3S. The lowest BCUT2D eigenvalue weighted by Gasteiger charge is -2.29. The number of fused-ring (bicyclic) bond motifs is 1. The smallest absolute Gasteiger partial charge is 0.230 e. The van der Waals surface area contributed by atoms with Gasteiger partial charge in [-0.05, 0) is 43.7 Å². The predicted molar refractivity (Wildman–Crippen MR) is 124 cm³/mol. The van der Waals surface area contributed by atoms with Crippen LogP contribution in [0, 0.1) is 6.92 Å². The number of ether oxygens (including phenoxy) is 1. The normalized spacial score (nSPS) is 21.2. The minimum absolute atomic E-state index is 0.160. The molecule has 2 aliphatic heterocycles. The number of hydrogen-bond acceptors (Lipinski definition) is 7. The molecule has 33 heavy (non-hydrogen) atoms. The van der Waals surface area contributed by atoms with Gasteiger partial charge in [0.25, 0.3) is 0 Å². The number of carbonyl (C=O) groups excluding carboxylic acids is 2. The first-order chi connectivity index (χ1) is 15.9. The van der Waals surface area contributed by atoms with Gasteiger partial charge in [0.05, 0.1) is 22.5 Å². The van der Waals surface area contributed by atoms with Crippen molar-refractivity contribution in [1.29, 1.82) is 0 Å². The summed E-state index contributed by atoms with van der Waals surface area (Å²) in [5.74, 6) is 0.231. The van der Waals surface area contributed by atoms with Gasteiger partial charge in [0.15, 0.2) is 0 Å². The van der Waals surface area contributed by atoms with Crippen LogP contribution in [0.1, 0.15) is 29.7 Å². The molecule has 2 amide bonds. The molecule has 0 radical (unpaired) electrons. The third-order valence-corrected chi connectivity index (χ3v) is 7.28. The van der Waals surface area contributed by atoms with Gasteiger partial charge < -0.3 is 10.1 Å². The lowest BCUT2D eigenvalue weighted by Crippen LogP contribution is -2.44. The molecule has 2 aromatic heterocycles. The zero-order chi connectivity index (χ0) is 23.1. The summed E-state index contributed by atoms with van der Waals surface area (Å²) in [6, 6.07) is 5.43. The molecule has 1 N–H and O–H groups in total. The van der Waals surface area contributed by atoms with E-state index in [1.807, 2.05) is 13.0 Å². The average Bonchev–Trinajstić information content (AvgIpc) is 3.34. The summed E-state index contributed by atoms with van der Waals surface area (Å²) in [6.45, 7) is 3.04. The molecule has 2 fully saturated rings. The van der Waals surface area contributed by atoms with Crippen LogP contribution in [0.2, 0.25) is 5.02 Å². The molecule has 0 bridgehead atoms. The Labute approximate surface area is 198 Å². The second kappa shape index (κ2) is 8.96. The maximum Gasteiger partial charge on any atom is 0.230 e. The van der Waals surface area contributed by atoms with Crippen molar-refractivity contribution >= 4 is 45.0 Å². The van der Waals surface area contributed by atoms with E-state index in [4.69, 9.17) is 16.3 Å². The quantitative estimate of drug-likeness (QED) is 0.545. The molecule has 0 unspecified atom stereocenters. The highest BCUT2D eigenvalue weighted by atomic mass is 35.5. The fourth-order valence-corrected chi connectivity index (χ4v) is 5.65. The third kappa shape index (κ3) is 4.32. The number of piperidine rings is 1. The number of nitrogens with one attached hydrogen (secondary N) is 1. The van der Waals surface area contributed by atoms with E-state index >= 15 is 0 Å². The molecule has 2 atom stereocenters. The van der Waals surface area contributed by atoms with Crippen molar-refractivity contribution in [2.45, 2.75) is 45.0 Å².